The number of hydrogen-bond acceptors (Lipinski definition) is 3. The zero-order valence-electron chi connectivity index (χ0n) is 12.7. The molecule has 0 fully saturated rings. The first-order valence-electron chi connectivity index (χ1n) is 7.44. The number of phenols is 1. The molecule has 0 amide bonds. The van der Waals surface area contributed by atoms with Gasteiger partial charge < -0.3 is 15.2 Å². The molecule has 112 valence electrons. The SMILES string of the molecule is CCCCOc1ccc(CNc2ccc(O)c(C)c2)cc1. The van der Waals surface area contributed by atoms with E-state index in [1.807, 2.05) is 31.2 Å². The van der Waals surface area contributed by atoms with Crippen LogP contribution in [0.1, 0.15) is 30.9 Å². The molecule has 21 heavy (non-hydrogen) atoms. The molecule has 0 spiro atoms. The quantitative estimate of drug-likeness (QED) is 0.581. The maximum atomic E-state index is 9.51. The minimum atomic E-state index is 0.328. The van der Waals surface area contributed by atoms with Gasteiger partial charge in [0.1, 0.15) is 11.5 Å². The van der Waals surface area contributed by atoms with Crippen LogP contribution in [0.3, 0.4) is 0 Å². The number of aromatic hydroxyl groups is 1. The molecular formula is C18H23NO2. The van der Waals surface area contributed by atoms with Gasteiger partial charge in [-0.3, -0.25) is 0 Å². The zero-order chi connectivity index (χ0) is 15.1. The molecule has 0 aliphatic heterocycles. The van der Waals surface area contributed by atoms with Crippen molar-refractivity contribution >= 4 is 5.69 Å². The van der Waals surface area contributed by atoms with Crippen molar-refractivity contribution in [2.75, 3.05) is 11.9 Å². The lowest BCUT2D eigenvalue weighted by Gasteiger charge is -2.09. The van der Waals surface area contributed by atoms with Gasteiger partial charge >= 0.3 is 0 Å². The van der Waals surface area contributed by atoms with E-state index in [0.29, 0.717) is 5.75 Å². The van der Waals surface area contributed by atoms with Gasteiger partial charge in [-0.25, -0.2) is 0 Å². The van der Waals surface area contributed by atoms with Crippen LogP contribution < -0.4 is 10.1 Å². The molecule has 0 aromatic heterocycles. The van der Waals surface area contributed by atoms with E-state index in [1.54, 1.807) is 6.07 Å². The van der Waals surface area contributed by atoms with Crippen molar-refractivity contribution in [3.63, 3.8) is 0 Å². The predicted octanol–water partition coefficient (Wildman–Crippen LogP) is 4.49. The smallest absolute Gasteiger partial charge is 0.119 e. The number of rotatable bonds is 7. The summed E-state index contributed by atoms with van der Waals surface area (Å²) in [6.07, 6.45) is 2.23. The highest BCUT2D eigenvalue weighted by atomic mass is 16.5. The van der Waals surface area contributed by atoms with Crippen molar-refractivity contribution in [2.24, 2.45) is 0 Å². The summed E-state index contributed by atoms with van der Waals surface area (Å²) in [5.41, 5.74) is 3.08. The van der Waals surface area contributed by atoms with Crippen LogP contribution in [0.4, 0.5) is 5.69 Å². The fourth-order valence-electron chi connectivity index (χ4n) is 2.01. The summed E-state index contributed by atoms with van der Waals surface area (Å²) < 4.78 is 5.64. The second kappa shape index (κ2) is 7.58. The Kier molecular flexibility index (Phi) is 5.50. The van der Waals surface area contributed by atoms with Gasteiger partial charge in [0.05, 0.1) is 6.61 Å². The van der Waals surface area contributed by atoms with Crippen LogP contribution in [-0.2, 0) is 6.54 Å². The Morgan fingerprint density at radius 1 is 1.10 bits per heavy atom. The van der Waals surface area contributed by atoms with Crippen molar-refractivity contribution < 1.29 is 9.84 Å². The molecule has 0 unspecified atom stereocenters. The lowest BCUT2D eigenvalue weighted by molar-refractivity contribution is 0.309. The number of anilines is 1. The van der Waals surface area contributed by atoms with Gasteiger partial charge in [0, 0.05) is 12.2 Å². The van der Waals surface area contributed by atoms with E-state index in [2.05, 4.69) is 24.4 Å². The van der Waals surface area contributed by atoms with Crippen LogP contribution in [-0.4, -0.2) is 11.7 Å². The van der Waals surface area contributed by atoms with Crippen LogP contribution in [0.5, 0.6) is 11.5 Å². The number of hydrogen-bond donors (Lipinski definition) is 2. The Balaban J connectivity index is 1.86. The molecule has 0 atom stereocenters. The van der Waals surface area contributed by atoms with Crippen LogP contribution in [0.2, 0.25) is 0 Å². The van der Waals surface area contributed by atoms with E-state index in [-0.39, 0.29) is 0 Å². The number of ether oxygens (including phenoxy) is 1. The molecule has 2 N–H and O–H groups in total. The molecule has 3 nitrogen and oxygen atoms in total. The van der Waals surface area contributed by atoms with Crippen LogP contribution in [0.25, 0.3) is 0 Å². The molecule has 0 saturated heterocycles. The number of nitrogens with one attached hydrogen (secondary N) is 1. The lowest BCUT2D eigenvalue weighted by Crippen LogP contribution is -2.00. The van der Waals surface area contributed by atoms with Crippen molar-refractivity contribution in [1.82, 2.24) is 0 Å². The fraction of sp³-hybridized carbons (Fsp3) is 0.333. The monoisotopic (exact) mass is 285 g/mol. The van der Waals surface area contributed by atoms with Crippen LogP contribution in [0, 0.1) is 6.92 Å². The fourth-order valence-corrected chi connectivity index (χ4v) is 2.01. The molecule has 0 aliphatic rings. The van der Waals surface area contributed by atoms with E-state index in [1.165, 1.54) is 5.56 Å². The van der Waals surface area contributed by atoms with E-state index in [9.17, 15) is 5.11 Å². The first kappa shape index (κ1) is 15.2. The Bertz CT molecular complexity index is 564. The maximum absolute atomic E-state index is 9.51. The largest absolute Gasteiger partial charge is 0.508 e. The molecular weight excluding hydrogens is 262 g/mol. The zero-order valence-corrected chi connectivity index (χ0v) is 12.7. The van der Waals surface area contributed by atoms with Gasteiger partial charge in [0.15, 0.2) is 0 Å². The lowest BCUT2D eigenvalue weighted by atomic mass is 10.2. The Morgan fingerprint density at radius 2 is 1.86 bits per heavy atom. The van der Waals surface area contributed by atoms with Gasteiger partial charge in [-0.1, -0.05) is 25.5 Å². The van der Waals surface area contributed by atoms with E-state index in [0.717, 1.165) is 43.0 Å². The Labute approximate surface area is 126 Å². The number of phenolic OH excluding ortho intramolecular Hbond substituents is 1. The highest BCUT2D eigenvalue weighted by Crippen LogP contribution is 2.21. The highest BCUT2D eigenvalue weighted by molar-refractivity contribution is 5.50. The molecule has 3 heteroatoms. The van der Waals surface area contributed by atoms with Crippen molar-refractivity contribution in [2.45, 2.75) is 33.2 Å². The Hall–Kier alpha value is -2.16. The molecule has 2 aromatic rings. The third-order valence-corrected chi connectivity index (χ3v) is 3.38. The third-order valence-electron chi connectivity index (χ3n) is 3.38. The summed E-state index contributed by atoms with van der Waals surface area (Å²) >= 11 is 0. The topological polar surface area (TPSA) is 41.5 Å². The number of unbranched alkanes of at least 4 members (excludes halogenated alkanes) is 1. The molecule has 0 bridgehead atoms. The Morgan fingerprint density at radius 3 is 2.52 bits per heavy atom. The van der Waals surface area contributed by atoms with Gasteiger partial charge in [-0.05, 0) is 54.8 Å². The minimum absolute atomic E-state index is 0.328. The molecule has 0 radical (unpaired) electrons. The standard InChI is InChI=1S/C18H23NO2/c1-3-4-11-21-17-8-5-15(6-9-17)13-19-16-7-10-18(20)14(2)12-16/h5-10,12,19-20H,3-4,11,13H2,1-2H3. The number of aryl methyl sites for hydroxylation is 1. The second-order valence-corrected chi connectivity index (χ2v) is 5.20. The van der Waals surface area contributed by atoms with Gasteiger partial charge in [0.2, 0.25) is 0 Å². The first-order valence-corrected chi connectivity index (χ1v) is 7.44. The molecule has 0 aliphatic carbocycles. The summed E-state index contributed by atoms with van der Waals surface area (Å²) in [5.74, 6) is 1.25. The predicted molar refractivity (Wildman–Crippen MR) is 87.0 cm³/mol. The summed E-state index contributed by atoms with van der Waals surface area (Å²) in [6, 6.07) is 13.7. The maximum Gasteiger partial charge on any atom is 0.119 e. The van der Waals surface area contributed by atoms with E-state index < -0.39 is 0 Å². The minimum Gasteiger partial charge on any atom is -0.508 e. The van der Waals surface area contributed by atoms with Crippen molar-refractivity contribution in [1.29, 1.82) is 0 Å². The van der Waals surface area contributed by atoms with Gasteiger partial charge in [-0.15, -0.1) is 0 Å². The normalized spacial score (nSPS) is 10.4. The van der Waals surface area contributed by atoms with Crippen molar-refractivity contribution in [3.05, 3.63) is 53.6 Å². The first-order chi connectivity index (χ1) is 10.2. The average molecular weight is 285 g/mol. The van der Waals surface area contributed by atoms with Crippen LogP contribution >= 0.6 is 0 Å². The molecule has 2 aromatic carbocycles. The summed E-state index contributed by atoms with van der Waals surface area (Å²) in [5, 5.41) is 12.9. The molecule has 0 heterocycles. The molecule has 2 rings (SSSR count). The van der Waals surface area contributed by atoms with Gasteiger partial charge in [0.25, 0.3) is 0 Å². The second-order valence-electron chi connectivity index (χ2n) is 5.20. The van der Waals surface area contributed by atoms with Gasteiger partial charge in [-0.2, -0.15) is 0 Å². The number of benzene rings is 2. The average Bonchev–Trinajstić information content (AvgIpc) is 2.50. The summed E-state index contributed by atoms with van der Waals surface area (Å²) in [6.45, 7) is 5.58. The summed E-state index contributed by atoms with van der Waals surface area (Å²) in [4.78, 5) is 0. The molecule has 0 saturated carbocycles. The van der Waals surface area contributed by atoms with E-state index >= 15 is 0 Å². The van der Waals surface area contributed by atoms with Crippen LogP contribution in [0.15, 0.2) is 42.5 Å². The third kappa shape index (κ3) is 4.71. The summed E-state index contributed by atoms with van der Waals surface area (Å²) in [7, 11) is 0. The van der Waals surface area contributed by atoms with E-state index in [4.69, 9.17) is 4.74 Å². The van der Waals surface area contributed by atoms with Crippen molar-refractivity contribution in [3.8, 4) is 11.5 Å². The highest BCUT2D eigenvalue weighted by Gasteiger charge is 1.99.